The molecule has 0 aliphatic heterocycles. The summed E-state index contributed by atoms with van der Waals surface area (Å²) in [4.78, 5) is 0. The molecule has 1 fully saturated rings. The summed E-state index contributed by atoms with van der Waals surface area (Å²) in [6, 6.07) is 0. The van der Waals surface area contributed by atoms with Crippen molar-refractivity contribution in [3.8, 4) is 0 Å². The lowest BCUT2D eigenvalue weighted by Gasteiger charge is -2.14. The molecular weight excluding hydrogens is 128 g/mol. The molecule has 1 aliphatic rings. The number of ether oxygens (including phenoxy) is 2. The van der Waals surface area contributed by atoms with Gasteiger partial charge in [-0.1, -0.05) is 6.92 Å². The van der Waals surface area contributed by atoms with Crippen molar-refractivity contribution >= 4 is 0 Å². The molecule has 0 saturated heterocycles. The maximum absolute atomic E-state index is 5.34. The first-order valence-corrected chi connectivity index (χ1v) is 3.63. The van der Waals surface area contributed by atoms with Gasteiger partial charge in [0.2, 0.25) is 0 Å². The summed E-state index contributed by atoms with van der Waals surface area (Å²) in [7, 11) is 3.47. The lowest BCUT2D eigenvalue weighted by Crippen LogP contribution is -2.23. The first-order chi connectivity index (χ1) is 4.53. The Labute approximate surface area is 62.5 Å². The average molecular weight is 144 g/mol. The standard InChI is InChI=1S/C8H16O2/c1-6-7(2,9-4)8(6,3)10-5/h6H,1-5H3. The molecule has 0 aromatic carbocycles. The van der Waals surface area contributed by atoms with Crippen molar-refractivity contribution in [1.82, 2.24) is 0 Å². The molecule has 0 bridgehead atoms. The summed E-state index contributed by atoms with van der Waals surface area (Å²) < 4.78 is 10.7. The fourth-order valence-electron chi connectivity index (χ4n) is 1.74. The Morgan fingerprint density at radius 1 is 1.00 bits per heavy atom. The zero-order valence-electron chi connectivity index (χ0n) is 7.39. The van der Waals surface area contributed by atoms with Crippen LogP contribution in [0.1, 0.15) is 20.8 Å². The molecule has 2 atom stereocenters. The monoisotopic (exact) mass is 144 g/mol. The third-order valence-electron chi connectivity index (χ3n) is 3.40. The maximum atomic E-state index is 5.34. The highest BCUT2D eigenvalue weighted by atomic mass is 16.6. The number of hydrogen-bond donors (Lipinski definition) is 0. The third-order valence-corrected chi connectivity index (χ3v) is 3.40. The largest absolute Gasteiger partial charge is 0.375 e. The molecule has 0 aromatic rings. The topological polar surface area (TPSA) is 18.5 Å². The first-order valence-electron chi connectivity index (χ1n) is 3.63. The third kappa shape index (κ3) is 0.611. The fraction of sp³-hybridized carbons (Fsp3) is 1.00. The van der Waals surface area contributed by atoms with Crippen molar-refractivity contribution in [3.05, 3.63) is 0 Å². The SMILES string of the molecule is COC1(C)C(C)C1(C)OC. The molecule has 0 spiro atoms. The molecule has 2 heteroatoms. The van der Waals surface area contributed by atoms with Gasteiger partial charge in [0.1, 0.15) is 0 Å². The van der Waals surface area contributed by atoms with Crippen LogP contribution in [0.2, 0.25) is 0 Å². The zero-order chi connectivity index (χ0) is 7.99. The molecule has 0 aromatic heterocycles. The van der Waals surface area contributed by atoms with E-state index in [0.29, 0.717) is 5.92 Å². The van der Waals surface area contributed by atoms with Crippen molar-refractivity contribution < 1.29 is 9.47 Å². The van der Waals surface area contributed by atoms with E-state index >= 15 is 0 Å². The van der Waals surface area contributed by atoms with E-state index in [9.17, 15) is 0 Å². The van der Waals surface area contributed by atoms with Gasteiger partial charge in [-0.05, 0) is 13.8 Å². The van der Waals surface area contributed by atoms with Gasteiger partial charge in [0.15, 0.2) is 0 Å². The minimum absolute atomic E-state index is 0.0677. The molecule has 60 valence electrons. The number of hydrogen-bond acceptors (Lipinski definition) is 2. The molecule has 0 radical (unpaired) electrons. The summed E-state index contributed by atoms with van der Waals surface area (Å²) >= 11 is 0. The van der Waals surface area contributed by atoms with Crippen LogP contribution in [0.3, 0.4) is 0 Å². The van der Waals surface area contributed by atoms with E-state index in [1.165, 1.54) is 0 Å². The minimum Gasteiger partial charge on any atom is -0.375 e. The maximum Gasteiger partial charge on any atom is 0.0993 e. The van der Waals surface area contributed by atoms with Gasteiger partial charge in [0.25, 0.3) is 0 Å². The predicted octanol–water partition coefficient (Wildman–Crippen LogP) is 1.45. The van der Waals surface area contributed by atoms with Gasteiger partial charge in [-0.25, -0.2) is 0 Å². The van der Waals surface area contributed by atoms with Crippen LogP contribution >= 0.6 is 0 Å². The second-order valence-electron chi connectivity index (χ2n) is 3.34. The van der Waals surface area contributed by atoms with E-state index in [0.717, 1.165) is 0 Å². The summed E-state index contributed by atoms with van der Waals surface area (Å²) in [5.74, 6) is 0.495. The molecular formula is C8H16O2. The smallest absolute Gasteiger partial charge is 0.0993 e. The van der Waals surface area contributed by atoms with Crippen molar-refractivity contribution in [2.24, 2.45) is 5.92 Å². The van der Waals surface area contributed by atoms with Crippen LogP contribution in [-0.2, 0) is 9.47 Å². The fourth-order valence-corrected chi connectivity index (χ4v) is 1.74. The van der Waals surface area contributed by atoms with E-state index < -0.39 is 0 Å². The summed E-state index contributed by atoms with van der Waals surface area (Å²) in [6.45, 7) is 6.31. The van der Waals surface area contributed by atoms with Gasteiger partial charge < -0.3 is 9.47 Å². The van der Waals surface area contributed by atoms with Crippen molar-refractivity contribution in [2.75, 3.05) is 14.2 Å². The molecule has 10 heavy (non-hydrogen) atoms. The zero-order valence-corrected chi connectivity index (χ0v) is 7.39. The lowest BCUT2D eigenvalue weighted by molar-refractivity contribution is -0.0157. The molecule has 0 N–H and O–H groups in total. The van der Waals surface area contributed by atoms with Gasteiger partial charge in [-0.15, -0.1) is 0 Å². The summed E-state index contributed by atoms with van der Waals surface area (Å²) in [6.07, 6.45) is 0. The molecule has 0 heterocycles. The van der Waals surface area contributed by atoms with E-state index in [4.69, 9.17) is 9.47 Å². The Balaban J connectivity index is 2.71. The summed E-state index contributed by atoms with van der Waals surface area (Å²) in [5.41, 5.74) is -0.135. The Kier molecular flexibility index (Phi) is 1.57. The lowest BCUT2D eigenvalue weighted by atomic mass is 10.3. The van der Waals surface area contributed by atoms with Gasteiger partial charge in [0.05, 0.1) is 11.2 Å². The highest BCUT2D eigenvalue weighted by Gasteiger charge is 2.70. The van der Waals surface area contributed by atoms with Gasteiger partial charge in [0, 0.05) is 20.1 Å². The van der Waals surface area contributed by atoms with Crippen molar-refractivity contribution in [2.45, 2.75) is 32.0 Å². The number of methoxy groups -OCH3 is 2. The summed E-state index contributed by atoms with van der Waals surface area (Å²) in [5, 5.41) is 0. The van der Waals surface area contributed by atoms with Crippen LogP contribution in [0.4, 0.5) is 0 Å². The molecule has 1 aliphatic carbocycles. The Bertz CT molecular complexity index is 130. The van der Waals surface area contributed by atoms with Crippen LogP contribution in [0.15, 0.2) is 0 Å². The molecule has 2 nitrogen and oxygen atoms in total. The molecule has 2 unspecified atom stereocenters. The van der Waals surface area contributed by atoms with Crippen LogP contribution in [0.5, 0.6) is 0 Å². The predicted molar refractivity (Wildman–Crippen MR) is 40.0 cm³/mol. The Morgan fingerprint density at radius 2 is 1.30 bits per heavy atom. The van der Waals surface area contributed by atoms with Crippen LogP contribution < -0.4 is 0 Å². The van der Waals surface area contributed by atoms with Gasteiger partial charge in [-0.3, -0.25) is 0 Å². The average Bonchev–Trinajstić information content (AvgIpc) is 2.38. The van der Waals surface area contributed by atoms with E-state index in [1.807, 2.05) is 0 Å². The van der Waals surface area contributed by atoms with E-state index in [2.05, 4.69) is 20.8 Å². The van der Waals surface area contributed by atoms with Gasteiger partial charge >= 0.3 is 0 Å². The highest BCUT2D eigenvalue weighted by molar-refractivity contribution is 5.21. The Morgan fingerprint density at radius 3 is 1.40 bits per heavy atom. The van der Waals surface area contributed by atoms with E-state index in [-0.39, 0.29) is 11.2 Å². The van der Waals surface area contributed by atoms with Crippen molar-refractivity contribution in [3.63, 3.8) is 0 Å². The van der Waals surface area contributed by atoms with Crippen LogP contribution in [0.25, 0.3) is 0 Å². The second-order valence-corrected chi connectivity index (χ2v) is 3.34. The molecule has 1 saturated carbocycles. The normalized spacial score (nSPS) is 53.1. The number of rotatable bonds is 2. The molecule has 0 amide bonds. The highest BCUT2D eigenvalue weighted by Crippen LogP contribution is 2.58. The minimum atomic E-state index is -0.0677. The second kappa shape index (κ2) is 1.95. The van der Waals surface area contributed by atoms with E-state index in [1.54, 1.807) is 14.2 Å². The quantitative estimate of drug-likeness (QED) is 0.584. The first kappa shape index (κ1) is 8.02. The molecule has 1 rings (SSSR count). The van der Waals surface area contributed by atoms with Gasteiger partial charge in [-0.2, -0.15) is 0 Å². The van der Waals surface area contributed by atoms with Crippen molar-refractivity contribution in [1.29, 1.82) is 0 Å². The Hall–Kier alpha value is -0.0800. The van der Waals surface area contributed by atoms with Crippen LogP contribution in [0, 0.1) is 5.92 Å². The van der Waals surface area contributed by atoms with Crippen LogP contribution in [-0.4, -0.2) is 25.4 Å².